The third-order valence-electron chi connectivity index (χ3n) is 4.27. The molecule has 2 rings (SSSR count). The second-order valence-electron chi connectivity index (χ2n) is 7.78. The first kappa shape index (κ1) is 23.5. The molecule has 2 aromatic rings. The summed E-state index contributed by atoms with van der Waals surface area (Å²) in [6.45, 7) is 7.61. The third kappa shape index (κ3) is 6.13. The Morgan fingerprint density at radius 3 is 2.47 bits per heavy atom. The second kappa shape index (κ2) is 9.84. The molecule has 0 saturated carbocycles. The minimum absolute atomic E-state index is 0.162. The summed E-state index contributed by atoms with van der Waals surface area (Å²) in [6.07, 6.45) is 0. The van der Waals surface area contributed by atoms with E-state index in [9.17, 15) is 14.7 Å². The van der Waals surface area contributed by atoms with E-state index in [4.69, 9.17) is 9.47 Å². The van der Waals surface area contributed by atoms with Crippen LogP contribution < -0.4 is 20.1 Å². The molecule has 1 amide bonds. The van der Waals surface area contributed by atoms with Gasteiger partial charge in [-0.2, -0.15) is 0 Å². The Morgan fingerprint density at radius 1 is 1.17 bits per heavy atom. The predicted octanol–water partition coefficient (Wildman–Crippen LogP) is 4.37. The second-order valence-corrected chi connectivity index (χ2v) is 8.64. The highest BCUT2D eigenvalue weighted by atomic mass is 79.9. The molecule has 0 aliphatic rings. The number of amides is 1. The fourth-order valence-electron chi connectivity index (χ4n) is 2.90. The zero-order chi connectivity index (χ0) is 22.5. The van der Waals surface area contributed by atoms with E-state index in [1.165, 1.54) is 7.11 Å². The van der Waals surface area contributed by atoms with Crippen molar-refractivity contribution in [3.05, 3.63) is 51.5 Å². The third-order valence-corrected chi connectivity index (χ3v) is 5.01. The van der Waals surface area contributed by atoms with Crippen molar-refractivity contribution >= 4 is 33.5 Å². The van der Waals surface area contributed by atoms with E-state index < -0.39 is 5.97 Å². The van der Waals surface area contributed by atoms with Crippen LogP contribution in [0.25, 0.3) is 0 Å². The van der Waals surface area contributed by atoms with Gasteiger partial charge in [0.1, 0.15) is 0 Å². The molecule has 0 aliphatic carbocycles. The molecule has 0 unspecified atom stereocenters. The molecule has 0 radical (unpaired) electrons. The van der Waals surface area contributed by atoms with Crippen LogP contribution in [0.4, 0.5) is 5.69 Å². The molecule has 0 fully saturated rings. The van der Waals surface area contributed by atoms with E-state index in [2.05, 4.69) is 26.6 Å². The van der Waals surface area contributed by atoms with Crippen molar-refractivity contribution in [1.82, 2.24) is 5.32 Å². The molecule has 0 aliphatic heterocycles. The maximum atomic E-state index is 12.2. The number of halogens is 1. The summed E-state index contributed by atoms with van der Waals surface area (Å²) in [5.74, 6) is -0.286. The maximum absolute atomic E-state index is 12.2. The number of hydrogen-bond donors (Lipinski definition) is 3. The summed E-state index contributed by atoms with van der Waals surface area (Å²) >= 11 is 3.53. The normalized spacial score (nSPS) is 11.0. The van der Waals surface area contributed by atoms with E-state index in [-0.39, 0.29) is 23.6 Å². The molecule has 0 aromatic heterocycles. The van der Waals surface area contributed by atoms with E-state index in [0.717, 1.165) is 10.0 Å². The zero-order valence-corrected chi connectivity index (χ0v) is 19.3. The summed E-state index contributed by atoms with van der Waals surface area (Å²) in [4.78, 5) is 23.6. The van der Waals surface area contributed by atoms with Gasteiger partial charge < -0.3 is 25.2 Å². The number of benzene rings is 2. The van der Waals surface area contributed by atoms with Gasteiger partial charge in [-0.3, -0.25) is 4.79 Å². The molecule has 30 heavy (non-hydrogen) atoms. The Morgan fingerprint density at radius 2 is 1.87 bits per heavy atom. The van der Waals surface area contributed by atoms with Crippen molar-refractivity contribution in [2.24, 2.45) is 0 Å². The van der Waals surface area contributed by atoms with E-state index in [1.54, 1.807) is 25.1 Å². The van der Waals surface area contributed by atoms with Crippen LogP contribution >= 0.6 is 15.9 Å². The quantitative estimate of drug-likeness (QED) is 0.521. The number of hydrogen-bond acceptors (Lipinski definition) is 5. The highest BCUT2D eigenvalue weighted by molar-refractivity contribution is 9.10. The molecule has 7 nitrogen and oxygen atoms in total. The first-order valence-electron chi connectivity index (χ1n) is 9.39. The van der Waals surface area contributed by atoms with Gasteiger partial charge >= 0.3 is 5.97 Å². The summed E-state index contributed by atoms with van der Waals surface area (Å²) in [6, 6.07) is 8.65. The molecule has 0 spiro atoms. The standard InChI is InChI=1S/C22H27BrN2O5/c1-13-14(21(27)28)7-6-8-17(13)24-11-15-16(23)9-10-18(29-5)20(15)30-12-19(26)25-22(2,3)4/h6-10,24H,11-12H2,1-5H3,(H,25,26)(H,27,28). The first-order valence-corrected chi connectivity index (χ1v) is 10.2. The fraction of sp³-hybridized carbons (Fsp3) is 0.364. The molecule has 0 bridgehead atoms. The number of carboxylic acid groups (broad SMARTS) is 1. The molecule has 162 valence electrons. The van der Waals surface area contributed by atoms with Crippen LogP contribution in [0.3, 0.4) is 0 Å². The van der Waals surface area contributed by atoms with E-state index in [1.807, 2.05) is 32.9 Å². The summed E-state index contributed by atoms with van der Waals surface area (Å²) in [5, 5.41) is 15.4. The van der Waals surface area contributed by atoms with Gasteiger partial charge in [0.2, 0.25) is 0 Å². The molecule has 0 saturated heterocycles. The monoisotopic (exact) mass is 478 g/mol. The van der Waals surface area contributed by atoms with Gasteiger partial charge in [-0.25, -0.2) is 4.79 Å². The van der Waals surface area contributed by atoms with Crippen LogP contribution in [-0.4, -0.2) is 36.2 Å². The first-order chi connectivity index (χ1) is 14.0. The zero-order valence-electron chi connectivity index (χ0n) is 17.8. The largest absolute Gasteiger partial charge is 0.493 e. The smallest absolute Gasteiger partial charge is 0.336 e. The average Bonchev–Trinajstić information content (AvgIpc) is 2.65. The predicted molar refractivity (Wildman–Crippen MR) is 120 cm³/mol. The van der Waals surface area contributed by atoms with Crippen LogP contribution in [0, 0.1) is 6.92 Å². The van der Waals surface area contributed by atoms with Crippen molar-refractivity contribution in [3.63, 3.8) is 0 Å². The van der Waals surface area contributed by atoms with Gasteiger partial charge in [0.15, 0.2) is 18.1 Å². The van der Waals surface area contributed by atoms with Crippen molar-refractivity contribution < 1.29 is 24.2 Å². The Labute approximate surface area is 184 Å². The number of carbonyl (C=O) groups is 2. The lowest BCUT2D eigenvalue weighted by Crippen LogP contribution is -2.43. The lowest BCUT2D eigenvalue weighted by atomic mass is 10.1. The van der Waals surface area contributed by atoms with Crippen LogP contribution in [0.15, 0.2) is 34.8 Å². The summed E-state index contributed by atoms with van der Waals surface area (Å²) < 4.78 is 12.0. The lowest BCUT2D eigenvalue weighted by molar-refractivity contribution is -0.124. The minimum atomic E-state index is -0.979. The summed E-state index contributed by atoms with van der Waals surface area (Å²) in [7, 11) is 1.53. The van der Waals surface area contributed by atoms with Crippen molar-refractivity contribution in [3.8, 4) is 11.5 Å². The molecule has 2 aromatic carbocycles. The fourth-order valence-corrected chi connectivity index (χ4v) is 3.35. The molecule has 0 heterocycles. The SMILES string of the molecule is COc1ccc(Br)c(CNc2cccc(C(=O)O)c2C)c1OCC(=O)NC(C)(C)C. The van der Waals surface area contributed by atoms with Crippen molar-refractivity contribution in [2.75, 3.05) is 19.0 Å². The van der Waals surface area contributed by atoms with Gasteiger partial charge in [-0.05, 0) is 57.5 Å². The highest BCUT2D eigenvalue weighted by Crippen LogP contribution is 2.37. The number of ether oxygens (including phenoxy) is 2. The number of rotatable bonds is 8. The van der Waals surface area contributed by atoms with Gasteiger partial charge in [0.05, 0.1) is 12.7 Å². The van der Waals surface area contributed by atoms with Gasteiger partial charge in [-0.1, -0.05) is 22.0 Å². The number of nitrogens with one attached hydrogen (secondary N) is 2. The molecule has 3 N–H and O–H groups in total. The Kier molecular flexibility index (Phi) is 7.72. The van der Waals surface area contributed by atoms with Crippen molar-refractivity contribution in [2.45, 2.75) is 39.8 Å². The van der Waals surface area contributed by atoms with Gasteiger partial charge in [0, 0.05) is 27.8 Å². The highest BCUT2D eigenvalue weighted by Gasteiger charge is 2.19. The lowest BCUT2D eigenvalue weighted by Gasteiger charge is -2.22. The van der Waals surface area contributed by atoms with Crippen LogP contribution in [-0.2, 0) is 11.3 Å². The van der Waals surface area contributed by atoms with Crippen LogP contribution in [0.5, 0.6) is 11.5 Å². The van der Waals surface area contributed by atoms with Crippen molar-refractivity contribution in [1.29, 1.82) is 0 Å². The Hall–Kier alpha value is -2.74. The summed E-state index contributed by atoms with van der Waals surface area (Å²) in [5.41, 5.74) is 1.95. The number of carbonyl (C=O) groups excluding carboxylic acids is 1. The van der Waals surface area contributed by atoms with Gasteiger partial charge in [0.25, 0.3) is 5.91 Å². The van der Waals surface area contributed by atoms with Crippen LogP contribution in [0.2, 0.25) is 0 Å². The van der Waals surface area contributed by atoms with Gasteiger partial charge in [-0.15, -0.1) is 0 Å². The number of carboxylic acids is 1. The maximum Gasteiger partial charge on any atom is 0.336 e. The van der Waals surface area contributed by atoms with Crippen LogP contribution in [0.1, 0.15) is 42.3 Å². The van der Waals surface area contributed by atoms with E-state index in [0.29, 0.717) is 29.3 Å². The average molecular weight is 479 g/mol. The number of anilines is 1. The van der Waals surface area contributed by atoms with E-state index >= 15 is 0 Å². The number of aromatic carboxylic acids is 1. The molecule has 0 atom stereocenters. The molecule has 8 heteroatoms. The Bertz CT molecular complexity index is 938. The minimum Gasteiger partial charge on any atom is -0.493 e. The molecular weight excluding hydrogens is 452 g/mol. The Balaban J connectivity index is 2.27. The topological polar surface area (TPSA) is 96.9 Å². The molecular formula is C22H27BrN2O5. The number of methoxy groups -OCH3 is 1.